The molecule has 0 spiro atoms. The minimum atomic E-state index is 0.957. The summed E-state index contributed by atoms with van der Waals surface area (Å²) < 4.78 is 0. The van der Waals surface area contributed by atoms with Crippen LogP contribution in [0.3, 0.4) is 0 Å². The van der Waals surface area contributed by atoms with E-state index in [2.05, 4.69) is 40.3 Å². The minimum Gasteiger partial charge on any atom is -0.342 e. The maximum Gasteiger partial charge on any atom is 0.104 e. The van der Waals surface area contributed by atoms with Gasteiger partial charge in [-0.2, -0.15) is 0 Å². The van der Waals surface area contributed by atoms with E-state index in [1.165, 1.54) is 11.1 Å². The van der Waals surface area contributed by atoms with Crippen molar-refractivity contribution in [2.24, 2.45) is 0 Å². The van der Waals surface area contributed by atoms with Gasteiger partial charge in [0.05, 0.1) is 11.0 Å². The Bertz CT molecular complexity index is 624. The van der Waals surface area contributed by atoms with Crippen LogP contribution in [0.15, 0.2) is 48.5 Å². The van der Waals surface area contributed by atoms with Gasteiger partial charge in [0.25, 0.3) is 0 Å². The lowest BCUT2D eigenvalue weighted by atomic mass is 10.0. The molecule has 0 aliphatic heterocycles. The van der Waals surface area contributed by atoms with Gasteiger partial charge in [-0.05, 0) is 18.6 Å². The Morgan fingerprint density at radius 3 is 2.10 bits per heavy atom. The molecule has 0 unspecified atom stereocenters. The van der Waals surface area contributed by atoms with Gasteiger partial charge < -0.3 is 4.98 Å². The van der Waals surface area contributed by atoms with E-state index in [4.69, 9.17) is 0 Å². The Hall–Kier alpha value is -2.09. The van der Waals surface area contributed by atoms with Crippen molar-refractivity contribution in [3.63, 3.8) is 0 Å². The molecule has 0 atom stereocenters. The number of para-hydroxylation sites is 1. The molecule has 2 heteroatoms. The van der Waals surface area contributed by atoms with Crippen molar-refractivity contribution in [1.82, 2.24) is 9.97 Å². The minimum absolute atomic E-state index is 0.957. The molecule has 0 aliphatic rings. The maximum atomic E-state index is 4.53. The van der Waals surface area contributed by atoms with Crippen LogP contribution in [0, 0.1) is 6.92 Å². The standard InChI is InChI=1S/C14H12N2.2C2H6/c1-10-15-13-9-5-8-12(14(13)16-10)11-6-3-2-4-7-11;2*1-2/h2-9H,1H3,(H,15,16);2*1-2H3. The number of aromatic nitrogens is 2. The number of H-pyrrole nitrogens is 1. The molecule has 0 bridgehead atoms. The summed E-state index contributed by atoms with van der Waals surface area (Å²) >= 11 is 0. The second kappa shape index (κ2) is 8.16. The van der Waals surface area contributed by atoms with Gasteiger partial charge in [-0.25, -0.2) is 4.98 Å². The smallest absolute Gasteiger partial charge is 0.104 e. The second-order valence-electron chi connectivity index (χ2n) is 3.89. The number of benzene rings is 2. The van der Waals surface area contributed by atoms with Crippen molar-refractivity contribution in [2.75, 3.05) is 0 Å². The van der Waals surface area contributed by atoms with Crippen LogP contribution in [0.1, 0.15) is 33.5 Å². The van der Waals surface area contributed by atoms with E-state index in [1.54, 1.807) is 0 Å². The molecular weight excluding hydrogens is 244 g/mol. The third-order valence-corrected chi connectivity index (χ3v) is 2.72. The molecule has 0 saturated heterocycles. The quantitative estimate of drug-likeness (QED) is 0.612. The van der Waals surface area contributed by atoms with Gasteiger partial charge in [0.15, 0.2) is 0 Å². The predicted molar refractivity (Wildman–Crippen MR) is 89.0 cm³/mol. The fourth-order valence-electron chi connectivity index (χ4n) is 2.01. The Morgan fingerprint density at radius 2 is 1.45 bits per heavy atom. The highest BCUT2D eigenvalue weighted by Gasteiger charge is 2.06. The molecule has 2 aromatic carbocycles. The summed E-state index contributed by atoms with van der Waals surface area (Å²) in [6.45, 7) is 9.98. The first-order valence-corrected chi connectivity index (χ1v) is 7.35. The van der Waals surface area contributed by atoms with E-state index in [9.17, 15) is 0 Å². The second-order valence-corrected chi connectivity index (χ2v) is 3.89. The first-order valence-electron chi connectivity index (χ1n) is 7.35. The van der Waals surface area contributed by atoms with Crippen molar-refractivity contribution in [2.45, 2.75) is 34.6 Å². The lowest BCUT2D eigenvalue weighted by molar-refractivity contribution is 1.17. The zero-order chi connectivity index (χ0) is 15.0. The summed E-state index contributed by atoms with van der Waals surface area (Å²) in [7, 11) is 0. The van der Waals surface area contributed by atoms with Gasteiger partial charge in [0.2, 0.25) is 0 Å². The summed E-state index contributed by atoms with van der Waals surface area (Å²) in [4.78, 5) is 7.79. The number of imidazole rings is 1. The normalized spacial score (nSPS) is 9.25. The van der Waals surface area contributed by atoms with Crippen LogP contribution in [0.2, 0.25) is 0 Å². The molecule has 0 saturated carbocycles. The van der Waals surface area contributed by atoms with E-state index in [1.807, 2.05) is 52.8 Å². The first kappa shape index (κ1) is 16.0. The summed E-state index contributed by atoms with van der Waals surface area (Å²) in [6, 6.07) is 16.6. The molecule has 0 amide bonds. The van der Waals surface area contributed by atoms with Crippen molar-refractivity contribution in [3.05, 3.63) is 54.4 Å². The van der Waals surface area contributed by atoms with Crippen LogP contribution < -0.4 is 0 Å². The Morgan fingerprint density at radius 1 is 0.800 bits per heavy atom. The Labute approximate surface area is 121 Å². The molecule has 3 aromatic rings. The van der Waals surface area contributed by atoms with Gasteiger partial charge in [-0.15, -0.1) is 0 Å². The summed E-state index contributed by atoms with van der Waals surface area (Å²) in [5.74, 6) is 0.957. The van der Waals surface area contributed by atoms with Gasteiger partial charge in [-0.1, -0.05) is 70.2 Å². The predicted octanol–water partition coefficient (Wildman–Crippen LogP) is 5.59. The third kappa shape index (κ3) is 3.47. The average molecular weight is 268 g/mol. The number of hydrogen-bond acceptors (Lipinski definition) is 1. The SMILES string of the molecule is CC.CC.Cc1nc2c(-c3ccccc3)cccc2[nH]1. The number of rotatable bonds is 1. The highest BCUT2D eigenvalue weighted by molar-refractivity contribution is 5.91. The molecule has 0 radical (unpaired) electrons. The van der Waals surface area contributed by atoms with Crippen LogP contribution in [0.5, 0.6) is 0 Å². The van der Waals surface area contributed by atoms with Crippen molar-refractivity contribution >= 4 is 11.0 Å². The largest absolute Gasteiger partial charge is 0.342 e. The lowest BCUT2D eigenvalue weighted by Crippen LogP contribution is -1.79. The zero-order valence-corrected chi connectivity index (χ0v) is 13.1. The summed E-state index contributed by atoms with van der Waals surface area (Å²) in [5.41, 5.74) is 4.53. The van der Waals surface area contributed by atoms with E-state index < -0.39 is 0 Å². The molecule has 0 aliphatic carbocycles. The number of fused-ring (bicyclic) bond motifs is 1. The van der Waals surface area contributed by atoms with E-state index in [0.29, 0.717) is 0 Å². The molecule has 106 valence electrons. The number of hydrogen-bond donors (Lipinski definition) is 1. The number of nitrogens with one attached hydrogen (secondary N) is 1. The van der Waals surface area contributed by atoms with E-state index in [0.717, 1.165) is 16.9 Å². The van der Waals surface area contributed by atoms with E-state index >= 15 is 0 Å². The lowest BCUT2D eigenvalue weighted by Gasteiger charge is -2.01. The Kier molecular flexibility index (Phi) is 6.51. The number of aromatic amines is 1. The van der Waals surface area contributed by atoms with Crippen LogP contribution in [-0.2, 0) is 0 Å². The fraction of sp³-hybridized carbons (Fsp3) is 0.278. The first-order chi connectivity index (χ1) is 9.84. The van der Waals surface area contributed by atoms with Crippen molar-refractivity contribution in [3.8, 4) is 11.1 Å². The van der Waals surface area contributed by atoms with Gasteiger partial charge >= 0.3 is 0 Å². The number of aryl methyl sites for hydroxylation is 1. The van der Waals surface area contributed by atoms with Gasteiger partial charge in [0.1, 0.15) is 5.82 Å². The molecule has 3 rings (SSSR count). The summed E-state index contributed by atoms with van der Waals surface area (Å²) in [5, 5.41) is 0. The number of nitrogens with zero attached hydrogens (tertiary/aromatic N) is 1. The van der Waals surface area contributed by atoms with Gasteiger partial charge in [0, 0.05) is 5.56 Å². The molecule has 1 heterocycles. The van der Waals surface area contributed by atoms with Crippen LogP contribution in [0.4, 0.5) is 0 Å². The molecule has 1 aromatic heterocycles. The molecule has 20 heavy (non-hydrogen) atoms. The maximum absolute atomic E-state index is 4.53. The highest BCUT2D eigenvalue weighted by atomic mass is 14.9. The van der Waals surface area contributed by atoms with E-state index in [-0.39, 0.29) is 0 Å². The Balaban J connectivity index is 0.000000461. The zero-order valence-electron chi connectivity index (χ0n) is 13.1. The van der Waals surface area contributed by atoms with Gasteiger partial charge in [-0.3, -0.25) is 0 Å². The third-order valence-electron chi connectivity index (χ3n) is 2.72. The van der Waals surface area contributed by atoms with Crippen LogP contribution >= 0.6 is 0 Å². The topological polar surface area (TPSA) is 28.7 Å². The van der Waals surface area contributed by atoms with Crippen molar-refractivity contribution < 1.29 is 0 Å². The molecular formula is C18H24N2. The monoisotopic (exact) mass is 268 g/mol. The molecule has 0 fully saturated rings. The average Bonchev–Trinajstić information content (AvgIpc) is 2.92. The van der Waals surface area contributed by atoms with Crippen molar-refractivity contribution in [1.29, 1.82) is 0 Å². The summed E-state index contributed by atoms with van der Waals surface area (Å²) in [6.07, 6.45) is 0. The molecule has 2 nitrogen and oxygen atoms in total. The van der Waals surface area contributed by atoms with Crippen LogP contribution in [0.25, 0.3) is 22.2 Å². The van der Waals surface area contributed by atoms with Crippen LogP contribution in [-0.4, -0.2) is 9.97 Å². The fourth-order valence-corrected chi connectivity index (χ4v) is 2.01. The highest BCUT2D eigenvalue weighted by Crippen LogP contribution is 2.26. The molecule has 1 N–H and O–H groups in total.